The molecular formula is C9H20P2. The molecule has 0 saturated carbocycles. The van der Waals surface area contributed by atoms with Crippen LogP contribution in [0.2, 0.25) is 0 Å². The van der Waals surface area contributed by atoms with Crippen molar-refractivity contribution >= 4 is 16.5 Å². The summed E-state index contributed by atoms with van der Waals surface area (Å²) >= 11 is 0. The van der Waals surface area contributed by atoms with E-state index in [1.807, 2.05) is 0 Å². The molecule has 0 aromatic heterocycles. The molecule has 2 heteroatoms. The average Bonchev–Trinajstić information content (AvgIpc) is 2.03. The van der Waals surface area contributed by atoms with E-state index in [1.54, 1.807) is 16.5 Å². The maximum atomic E-state index is 2.27. The summed E-state index contributed by atoms with van der Waals surface area (Å²) in [7, 11) is 3.27. The van der Waals surface area contributed by atoms with Gasteiger partial charge in [0.15, 0.2) is 0 Å². The van der Waals surface area contributed by atoms with Gasteiger partial charge in [0.2, 0.25) is 0 Å². The second-order valence-corrected chi connectivity index (χ2v) is 6.08. The van der Waals surface area contributed by atoms with Gasteiger partial charge in [-0.25, -0.2) is 0 Å². The Morgan fingerprint density at radius 3 is 2.18 bits per heavy atom. The largest absolute Gasteiger partial charge is 0.0654 e. The van der Waals surface area contributed by atoms with Gasteiger partial charge < -0.3 is 0 Å². The fourth-order valence-corrected chi connectivity index (χ4v) is 3.11. The van der Waals surface area contributed by atoms with Crippen molar-refractivity contribution in [3.8, 4) is 0 Å². The number of hydrogen-bond donors (Lipinski definition) is 0. The monoisotopic (exact) mass is 190 g/mol. The highest BCUT2D eigenvalue weighted by molar-refractivity contribution is 8.11. The van der Waals surface area contributed by atoms with Crippen molar-refractivity contribution in [3.63, 3.8) is 0 Å². The summed E-state index contributed by atoms with van der Waals surface area (Å²) in [5, 5.41) is 0. The van der Waals surface area contributed by atoms with Crippen molar-refractivity contribution in [3.05, 3.63) is 0 Å². The SMILES string of the molecule is CCCCCCC[P][P]CC. The van der Waals surface area contributed by atoms with E-state index in [2.05, 4.69) is 13.8 Å². The van der Waals surface area contributed by atoms with Crippen LogP contribution in [0.4, 0.5) is 0 Å². The van der Waals surface area contributed by atoms with Crippen LogP contribution in [0.3, 0.4) is 0 Å². The maximum absolute atomic E-state index is 2.27. The minimum absolute atomic E-state index is 1.33. The van der Waals surface area contributed by atoms with Crippen molar-refractivity contribution in [1.29, 1.82) is 0 Å². The van der Waals surface area contributed by atoms with Gasteiger partial charge in [-0.05, 0) is 35.3 Å². The number of unbranched alkanes of at least 4 members (excludes halogenated alkanes) is 4. The molecule has 0 aromatic carbocycles. The predicted molar refractivity (Wildman–Crippen MR) is 58.0 cm³/mol. The summed E-state index contributed by atoms with van der Waals surface area (Å²) in [6.07, 6.45) is 9.92. The zero-order valence-corrected chi connectivity index (χ0v) is 9.63. The molecule has 0 atom stereocenters. The highest BCUT2D eigenvalue weighted by Gasteiger charge is 1.89. The van der Waals surface area contributed by atoms with Crippen molar-refractivity contribution in [2.45, 2.75) is 46.0 Å². The Kier molecular flexibility index (Phi) is 11.7. The molecule has 0 aliphatic heterocycles. The smallest absolute Gasteiger partial charge is 0.0242 e. The Hall–Kier alpha value is 0.860. The molecule has 0 bridgehead atoms. The fourth-order valence-electron chi connectivity index (χ4n) is 0.957. The van der Waals surface area contributed by atoms with Gasteiger partial charge in [-0.3, -0.25) is 0 Å². The lowest BCUT2D eigenvalue weighted by atomic mass is 10.2. The summed E-state index contributed by atoms with van der Waals surface area (Å²) < 4.78 is 0. The first-order valence-electron chi connectivity index (χ1n) is 4.75. The molecule has 2 radical (unpaired) electrons. The summed E-state index contributed by atoms with van der Waals surface area (Å²) in [5.74, 6) is 0. The van der Waals surface area contributed by atoms with E-state index >= 15 is 0 Å². The van der Waals surface area contributed by atoms with Crippen LogP contribution in [0.25, 0.3) is 0 Å². The van der Waals surface area contributed by atoms with Gasteiger partial charge in [0.05, 0.1) is 0 Å². The lowest BCUT2D eigenvalue weighted by Gasteiger charge is -1.98. The third-order valence-corrected chi connectivity index (χ3v) is 4.65. The first-order chi connectivity index (χ1) is 5.41. The van der Waals surface area contributed by atoms with Gasteiger partial charge in [0, 0.05) is 0 Å². The third kappa shape index (κ3) is 10.9. The Morgan fingerprint density at radius 1 is 0.818 bits per heavy atom. The summed E-state index contributed by atoms with van der Waals surface area (Å²) in [4.78, 5) is 0. The van der Waals surface area contributed by atoms with Gasteiger partial charge in [-0.1, -0.05) is 39.5 Å². The summed E-state index contributed by atoms with van der Waals surface area (Å²) in [5.41, 5.74) is 0. The number of rotatable bonds is 8. The molecule has 0 amide bonds. The molecule has 0 aliphatic rings. The van der Waals surface area contributed by atoms with Crippen LogP contribution in [0.5, 0.6) is 0 Å². The van der Waals surface area contributed by atoms with Crippen molar-refractivity contribution in [2.75, 3.05) is 12.3 Å². The lowest BCUT2D eigenvalue weighted by molar-refractivity contribution is 0.659. The molecule has 0 heterocycles. The molecule has 0 spiro atoms. The molecule has 0 nitrogen and oxygen atoms in total. The minimum Gasteiger partial charge on any atom is -0.0654 e. The van der Waals surface area contributed by atoms with Gasteiger partial charge in [-0.15, -0.1) is 0 Å². The zero-order valence-electron chi connectivity index (χ0n) is 7.84. The third-order valence-electron chi connectivity index (χ3n) is 1.60. The fraction of sp³-hybridized carbons (Fsp3) is 1.00. The molecule has 0 rings (SSSR count). The standard InChI is InChI=1S/C9H20P2/c1-3-5-6-7-8-9-11-10-4-2/h3-9H2,1-2H3. The van der Waals surface area contributed by atoms with E-state index in [0.717, 1.165) is 0 Å². The first kappa shape index (κ1) is 11.9. The maximum Gasteiger partial charge on any atom is -0.0242 e. The molecule has 0 unspecified atom stereocenters. The van der Waals surface area contributed by atoms with Crippen LogP contribution in [0.15, 0.2) is 0 Å². The van der Waals surface area contributed by atoms with Crippen LogP contribution in [0, 0.1) is 0 Å². The van der Waals surface area contributed by atoms with Gasteiger partial charge >= 0.3 is 0 Å². The van der Waals surface area contributed by atoms with E-state index in [9.17, 15) is 0 Å². The molecular weight excluding hydrogens is 170 g/mol. The molecule has 66 valence electrons. The van der Waals surface area contributed by atoms with E-state index in [4.69, 9.17) is 0 Å². The quantitative estimate of drug-likeness (QED) is 0.381. The Morgan fingerprint density at radius 2 is 1.55 bits per heavy atom. The van der Waals surface area contributed by atoms with E-state index < -0.39 is 0 Å². The highest BCUT2D eigenvalue weighted by atomic mass is 32.0. The molecule has 11 heavy (non-hydrogen) atoms. The van der Waals surface area contributed by atoms with Crippen molar-refractivity contribution in [1.82, 2.24) is 0 Å². The van der Waals surface area contributed by atoms with Crippen LogP contribution in [0.1, 0.15) is 46.0 Å². The summed E-state index contributed by atoms with van der Waals surface area (Å²) in [6, 6.07) is 0. The second-order valence-electron chi connectivity index (χ2n) is 2.74. The Balaban J connectivity index is 2.69. The number of hydrogen-bond acceptors (Lipinski definition) is 0. The predicted octanol–water partition coefficient (Wildman–Crippen LogP) is 4.78. The molecule has 0 saturated heterocycles. The first-order valence-corrected chi connectivity index (χ1v) is 7.61. The van der Waals surface area contributed by atoms with Crippen LogP contribution >= 0.6 is 16.5 Å². The summed E-state index contributed by atoms with van der Waals surface area (Å²) in [6.45, 7) is 4.53. The van der Waals surface area contributed by atoms with Gasteiger partial charge in [0.1, 0.15) is 0 Å². The van der Waals surface area contributed by atoms with E-state index in [0.29, 0.717) is 0 Å². The van der Waals surface area contributed by atoms with E-state index in [1.165, 1.54) is 44.4 Å². The molecule has 0 N–H and O–H groups in total. The van der Waals surface area contributed by atoms with E-state index in [-0.39, 0.29) is 0 Å². The highest BCUT2D eigenvalue weighted by Crippen LogP contribution is 2.36. The lowest BCUT2D eigenvalue weighted by Crippen LogP contribution is -1.78. The van der Waals surface area contributed by atoms with Crippen LogP contribution in [-0.2, 0) is 0 Å². The average molecular weight is 190 g/mol. The van der Waals surface area contributed by atoms with Crippen molar-refractivity contribution in [2.24, 2.45) is 0 Å². The Labute approximate surface area is 75.4 Å². The Bertz CT molecular complexity index is 56.6. The zero-order chi connectivity index (χ0) is 8.36. The molecule has 0 fully saturated rings. The normalized spacial score (nSPS) is 12.5. The molecule has 0 aliphatic carbocycles. The van der Waals surface area contributed by atoms with Crippen LogP contribution < -0.4 is 0 Å². The van der Waals surface area contributed by atoms with Gasteiger partial charge in [0.25, 0.3) is 0 Å². The van der Waals surface area contributed by atoms with Crippen molar-refractivity contribution < 1.29 is 0 Å². The van der Waals surface area contributed by atoms with Crippen LogP contribution in [-0.4, -0.2) is 12.3 Å². The second kappa shape index (κ2) is 10.9. The topological polar surface area (TPSA) is 0 Å². The van der Waals surface area contributed by atoms with Gasteiger partial charge in [-0.2, -0.15) is 0 Å². The minimum atomic E-state index is 1.33. The molecule has 0 aromatic rings.